The van der Waals surface area contributed by atoms with E-state index in [4.69, 9.17) is 5.11 Å². The summed E-state index contributed by atoms with van der Waals surface area (Å²) in [5.74, 6) is -2.85. The first-order valence-corrected chi connectivity index (χ1v) is 6.68. The molecule has 2 aromatic carbocycles. The highest BCUT2D eigenvalue weighted by Gasteiger charge is 2.18. The number of pyridine rings is 1. The van der Waals surface area contributed by atoms with Gasteiger partial charge in [-0.2, -0.15) is 0 Å². The number of rotatable bonds is 3. The van der Waals surface area contributed by atoms with E-state index in [-0.39, 0.29) is 27.8 Å². The Morgan fingerprint density at radius 1 is 1.09 bits per heavy atom. The van der Waals surface area contributed by atoms with Gasteiger partial charge < -0.3 is 5.11 Å². The molecule has 6 heteroatoms. The second kappa shape index (κ2) is 5.72. The van der Waals surface area contributed by atoms with E-state index in [2.05, 4.69) is 4.98 Å². The van der Waals surface area contributed by atoms with E-state index in [0.29, 0.717) is 5.39 Å². The van der Waals surface area contributed by atoms with Crippen LogP contribution in [0.5, 0.6) is 0 Å². The van der Waals surface area contributed by atoms with Gasteiger partial charge in [-0.15, -0.1) is 0 Å². The second-order valence-corrected chi connectivity index (χ2v) is 4.93. The number of carboxylic acid groups (broad SMARTS) is 1. The number of carbonyl (C=O) groups is 1. The maximum atomic E-state index is 14.0. The Morgan fingerprint density at radius 2 is 1.78 bits per heavy atom. The third-order valence-electron chi connectivity index (χ3n) is 3.56. The van der Waals surface area contributed by atoms with Crippen LogP contribution in [0.15, 0.2) is 42.6 Å². The van der Waals surface area contributed by atoms with Crippen molar-refractivity contribution in [2.45, 2.75) is 6.67 Å². The number of halogens is 3. The minimum absolute atomic E-state index is 0.0594. The molecule has 1 N–H and O–H groups in total. The first-order valence-electron chi connectivity index (χ1n) is 6.68. The van der Waals surface area contributed by atoms with Gasteiger partial charge in [-0.25, -0.2) is 18.0 Å². The molecule has 0 unspecified atom stereocenters. The lowest BCUT2D eigenvalue weighted by Crippen LogP contribution is -2.00. The zero-order valence-electron chi connectivity index (χ0n) is 11.7. The predicted octanol–water partition coefficient (Wildman–Crippen LogP) is 4.35. The van der Waals surface area contributed by atoms with E-state index >= 15 is 0 Å². The Morgan fingerprint density at radius 3 is 2.39 bits per heavy atom. The summed E-state index contributed by atoms with van der Waals surface area (Å²) in [5, 5.41) is 9.65. The van der Waals surface area contributed by atoms with Gasteiger partial charge in [0.15, 0.2) is 0 Å². The van der Waals surface area contributed by atoms with Crippen LogP contribution in [0.3, 0.4) is 0 Å². The third kappa shape index (κ3) is 2.52. The molecule has 0 saturated heterocycles. The lowest BCUT2D eigenvalue weighted by Gasteiger charge is -2.11. The van der Waals surface area contributed by atoms with Crippen molar-refractivity contribution >= 4 is 16.7 Å². The van der Waals surface area contributed by atoms with Crippen LogP contribution in [-0.2, 0) is 6.67 Å². The summed E-state index contributed by atoms with van der Waals surface area (Å²) in [4.78, 5) is 15.1. The fraction of sp³-hybridized carbons (Fsp3) is 0.0588. The van der Waals surface area contributed by atoms with Crippen LogP contribution < -0.4 is 0 Å². The molecule has 0 bridgehead atoms. The highest BCUT2D eigenvalue weighted by Crippen LogP contribution is 2.33. The smallest absolute Gasteiger partial charge is 0.335 e. The Bertz CT molecular complexity index is 905. The molecular weight excluding hydrogens is 307 g/mol. The number of hydrogen-bond donors (Lipinski definition) is 1. The monoisotopic (exact) mass is 317 g/mol. The van der Waals surface area contributed by atoms with E-state index in [1.165, 1.54) is 30.5 Å². The molecule has 0 aliphatic heterocycles. The summed E-state index contributed by atoms with van der Waals surface area (Å²) in [6.07, 6.45) is 1.20. The molecular formula is C17H10F3NO2. The van der Waals surface area contributed by atoms with E-state index in [1.807, 2.05) is 0 Å². The molecule has 1 heterocycles. The zero-order chi connectivity index (χ0) is 16.6. The largest absolute Gasteiger partial charge is 0.478 e. The van der Waals surface area contributed by atoms with Crippen molar-refractivity contribution in [2.24, 2.45) is 0 Å². The number of hydrogen-bond acceptors (Lipinski definition) is 2. The number of nitrogens with zero attached hydrogens (tertiary/aromatic N) is 1. The average Bonchev–Trinajstić information content (AvgIpc) is 2.54. The molecule has 3 nitrogen and oxygen atoms in total. The molecule has 0 spiro atoms. The summed E-state index contributed by atoms with van der Waals surface area (Å²) in [6, 6.07) is 7.34. The fourth-order valence-electron chi connectivity index (χ4n) is 2.46. The normalized spacial score (nSPS) is 10.9. The third-order valence-corrected chi connectivity index (χ3v) is 3.56. The van der Waals surface area contributed by atoms with Gasteiger partial charge in [0.2, 0.25) is 0 Å². The van der Waals surface area contributed by atoms with Crippen molar-refractivity contribution in [1.29, 1.82) is 0 Å². The molecule has 23 heavy (non-hydrogen) atoms. The number of fused-ring (bicyclic) bond motifs is 1. The topological polar surface area (TPSA) is 50.2 Å². The number of aromatic carboxylic acids is 1. The molecule has 116 valence electrons. The van der Waals surface area contributed by atoms with Crippen LogP contribution in [0.25, 0.3) is 22.0 Å². The van der Waals surface area contributed by atoms with Crippen LogP contribution in [0.4, 0.5) is 13.2 Å². The van der Waals surface area contributed by atoms with Crippen LogP contribution in [0.2, 0.25) is 0 Å². The van der Waals surface area contributed by atoms with Gasteiger partial charge in [-0.3, -0.25) is 4.98 Å². The number of carboxylic acids is 1. The van der Waals surface area contributed by atoms with Crippen LogP contribution >= 0.6 is 0 Å². The lowest BCUT2D eigenvalue weighted by molar-refractivity contribution is 0.0697. The zero-order valence-corrected chi connectivity index (χ0v) is 11.7. The SMILES string of the molecule is O=C(O)c1ccc2c(CF)cnc(-c3c(F)cccc3F)c2c1. The molecule has 0 radical (unpaired) electrons. The van der Waals surface area contributed by atoms with Crippen molar-refractivity contribution in [3.63, 3.8) is 0 Å². The quantitative estimate of drug-likeness (QED) is 0.781. The number of benzene rings is 2. The van der Waals surface area contributed by atoms with Crippen molar-refractivity contribution in [2.75, 3.05) is 0 Å². The van der Waals surface area contributed by atoms with Crippen LogP contribution in [-0.4, -0.2) is 16.1 Å². The second-order valence-electron chi connectivity index (χ2n) is 4.93. The highest BCUT2D eigenvalue weighted by atomic mass is 19.1. The van der Waals surface area contributed by atoms with E-state index in [1.54, 1.807) is 0 Å². The molecule has 1 aromatic heterocycles. The van der Waals surface area contributed by atoms with E-state index in [0.717, 1.165) is 12.1 Å². The molecule has 0 aliphatic rings. The molecule has 3 rings (SSSR count). The molecule has 0 amide bonds. The number of aromatic nitrogens is 1. The van der Waals surface area contributed by atoms with Crippen LogP contribution in [0.1, 0.15) is 15.9 Å². The van der Waals surface area contributed by atoms with Crippen LogP contribution in [0, 0.1) is 11.6 Å². The van der Waals surface area contributed by atoms with Gasteiger partial charge in [-0.05, 0) is 29.7 Å². The predicted molar refractivity (Wildman–Crippen MR) is 78.9 cm³/mol. The lowest BCUT2D eigenvalue weighted by atomic mass is 9.98. The number of alkyl halides is 1. The summed E-state index contributed by atoms with van der Waals surface area (Å²) in [6.45, 7) is -0.823. The standard InChI is InChI=1S/C17H10F3NO2/c18-7-10-8-21-16(15-13(19)2-1-3-14(15)20)12-6-9(17(22)23)4-5-11(10)12/h1-6,8H,7H2,(H,22,23). The highest BCUT2D eigenvalue weighted by molar-refractivity contribution is 6.01. The maximum absolute atomic E-state index is 14.0. The Hall–Kier alpha value is -2.89. The summed E-state index contributed by atoms with van der Waals surface area (Å²) in [5.41, 5.74) is -0.285. The van der Waals surface area contributed by atoms with Crippen molar-refractivity contribution in [3.05, 3.63) is 65.4 Å². The summed E-state index contributed by atoms with van der Waals surface area (Å²) < 4.78 is 41.2. The van der Waals surface area contributed by atoms with Crippen molar-refractivity contribution in [1.82, 2.24) is 4.98 Å². The minimum Gasteiger partial charge on any atom is -0.478 e. The summed E-state index contributed by atoms with van der Waals surface area (Å²) >= 11 is 0. The summed E-state index contributed by atoms with van der Waals surface area (Å²) in [7, 11) is 0. The Balaban J connectivity index is 2.41. The Labute approximate surface area is 129 Å². The first-order chi connectivity index (χ1) is 11.0. The average molecular weight is 317 g/mol. The van der Waals surface area contributed by atoms with Gasteiger partial charge in [0.25, 0.3) is 0 Å². The van der Waals surface area contributed by atoms with Crippen molar-refractivity contribution in [3.8, 4) is 11.3 Å². The van der Waals surface area contributed by atoms with E-state index in [9.17, 15) is 18.0 Å². The minimum atomic E-state index is -1.20. The van der Waals surface area contributed by atoms with Crippen molar-refractivity contribution < 1.29 is 23.1 Å². The van der Waals surface area contributed by atoms with Gasteiger partial charge in [0, 0.05) is 17.1 Å². The first kappa shape index (κ1) is 15.0. The van der Waals surface area contributed by atoms with Gasteiger partial charge >= 0.3 is 5.97 Å². The molecule has 0 atom stereocenters. The van der Waals surface area contributed by atoms with Gasteiger partial charge in [0.05, 0.1) is 16.8 Å². The molecule has 0 saturated carbocycles. The molecule has 0 fully saturated rings. The molecule has 0 aliphatic carbocycles. The van der Waals surface area contributed by atoms with Gasteiger partial charge in [0.1, 0.15) is 18.3 Å². The molecule has 3 aromatic rings. The van der Waals surface area contributed by atoms with E-state index < -0.39 is 24.3 Å². The fourth-order valence-corrected chi connectivity index (χ4v) is 2.46. The maximum Gasteiger partial charge on any atom is 0.335 e. The Kier molecular flexibility index (Phi) is 3.73. The van der Waals surface area contributed by atoms with Gasteiger partial charge in [-0.1, -0.05) is 12.1 Å².